The van der Waals surface area contributed by atoms with Crippen LogP contribution in [0.2, 0.25) is 0 Å². The third kappa shape index (κ3) is 8.94. The Kier molecular flexibility index (Phi) is 10.1. The molecule has 0 aromatic rings. The molecule has 0 spiro atoms. The summed E-state index contributed by atoms with van der Waals surface area (Å²) in [7, 11) is 0. The lowest BCUT2D eigenvalue weighted by atomic mass is 9.98. The third-order valence-corrected chi connectivity index (χ3v) is 3.31. The van der Waals surface area contributed by atoms with Crippen LogP contribution in [0.3, 0.4) is 0 Å². The van der Waals surface area contributed by atoms with Gasteiger partial charge < -0.3 is 9.84 Å². The molecule has 20 heavy (non-hydrogen) atoms. The highest BCUT2D eigenvalue weighted by Crippen LogP contribution is 2.18. The number of esters is 1. The Labute approximate surface area is 122 Å². The molecule has 0 aliphatic heterocycles. The lowest BCUT2D eigenvalue weighted by molar-refractivity contribution is -0.156. The predicted octanol–water partition coefficient (Wildman–Crippen LogP) is 4.03. The molecule has 0 aromatic heterocycles. The van der Waals surface area contributed by atoms with Crippen molar-refractivity contribution in [2.24, 2.45) is 11.8 Å². The van der Waals surface area contributed by atoms with E-state index in [1.807, 2.05) is 6.92 Å². The van der Waals surface area contributed by atoms with Crippen LogP contribution in [-0.4, -0.2) is 23.1 Å². The van der Waals surface area contributed by atoms with Crippen LogP contribution in [0, 0.1) is 11.8 Å². The second kappa shape index (κ2) is 10.7. The summed E-state index contributed by atoms with van der Waals surface area (Å²) in [4.78, 5) is 23.0. The van der Waals surface area contributed by atoms with Crippen molar-refractivity contribution in [2.45, 2.75) is 78.7 Å². The zero-order valence-corrected chi connectivity index (χ0v) is 13.4. The first-order chi connectivity index (χ1) is 9.40. The highest BCUT2D eigenvalue weighted by Gasteiger charge is 2.23. The smallest absolute Gasteiger partial charge is 0.307 e. The minimum atomic E-state index is -0.897. The number of unbranched alkanes of at least 4 members (excludes halogenated alkanes) is 1. The molecule has 0 saturated heterocycles. The van der Waals surface area contributed by atoms with Gasteiger partial charge in [-0.05, 0) is 25.2 Å². The van der Waals surface area contributed by atoms with Crippen LogP contribution >= 0.6 is 0 Å². The first kappa shape index (κ1) is 18.9. The number of aliphatic carboxylic acids is 1. The largest absolute Gasteiger partial charge is 0.481 e. The fourth-order valence-corrected chi connectivity index (χ4v) is 2.27. The number of ether oxygens (including phenoxy) is 1. The summed E-state index contributed by atoms with van der Waals surface area (Å²) in [6.07, 6.45) is 4.87. The summed E-state index contributed by atoms with van der Waals surface area (Å²) in [5, 5.41) is 9.12. The van der Waals surface area contributed by atoms with Crippen LogP contribution in [0.4, 0.5) is 0 Å². The first-order valence-electron chi connectivity index (χ1n) is 7.82. The molecule has 118 valence electrons. The molecule has 2 unspecified atom stereocenters. The fourth-order valence-electron chi connectivity index (χ4n) is 2.27. The number of hydrogen-bond donors (Lipinski definition) is 1. The SMILES string of the molecule is CCCCC(CC(=O)OC(CCC)CC(C)C)C(=O)O. The van der Waals surface area contributed by atoms with E-state index >= 15 is 0 Å². The van der Waals surface area contributed by atoms with Crippen LogP contribution in [0.15, 0.2) is 0 Å². The van der Waals surface area contributed by atoms with Gasteiger partial charge >= 0.3 is 11.9 Å². The van der Waals surface area contributed by atoms with Crippen molar-refractivity contribution < 1.29 is 19.4 Å². The number of carbonyl (C=O) groups is 2. The van der Waals surface area contributed by atoms with Crippen LogP contribution < -0.4 is 0 Å². The molecule has 0 fully saturated rings. The molecule has 0 rings (SSSR count). The van der Waals surface area contributed by atoms with Gasteiger partial charge in [-0.1, -0.05) is 47.0 Å². The molecule has 0 aliphatic carbocycles. The zero-order chi connectivity index (χ0) is 15.5. The normalized spacial score (nSPS) is 14.1. The minimum Gasteiger partial charge on any atom is -0.481 e. The van der Waals surface area contributed by atoms with E-state index in [0.29, 0.717) is 12.3 Å². The van der Waals surface area contributed by atoms with Gasteiger partial charge in [-0.2, -0.15) is 0 Å². The molecule has 0 amide bonds. The quantitative estimate of drug-likeness (QED) is 0.582. The Morgan fingerprint density at radius 2 is 1.75 bits per heavy atom. The Morgan fingerprint density at radius 1 is 1.10 bits per heavy atom. The maximum atomic E-state index is 11.9. The topological polar surface area (TPSA) is 63.6 Å². The van der Waals surface area contributed by atoms with Crippen molar-refractivity contribution in [2.75, 3.05) is 0 Å². The van der Waals surface area contributed by atoms with Crippen LogP contribution in [0.25, 0.3) is 0 Å². The standard InChI is InChI=1S/C16H30O4/c1-5-7-9-13(16(18)19)11-15(17)20-14(8-6-2)10-12(3)4/h12-14H,5-11H2,1-4H3,(H,18,19). The van der Waals surface area contributed by atoms with Crippen molar-refractivity contribution >= 4 is 11.9 Å². The van der Waals surface area contributed by atoms with E-state index < -0.39 is 11.9 Å². The summed E-state index contributed by atoms with van der Waals surface area (Å²) >= 11 is 0. The van der Waals surface area contributed by atoms with Crippen LogP contribution in [-0.2, 0) is 14.3 Å². The average molecular weight is 286 g/mol. The van der Waals surface area contributed by atoms with E-state index in [9.17, 15) is 9.59 Å². The van der Waals surface area contributed by atoms with Crippen molar-refractivity contribution in [3.8, 4) is 0 Å². The van der Waals surface area contributed by atoms with Gasteiger partial charge in [0.2, 0.25) is 0 Å². The van der Waals surface area contributed by atoms with Gasteiger partial charge in [-0.3, -0.25) is 9.59 Å². The third-order valence-electron chi connectivity index (χ3n) is 3.31. The Bertz CT molecular complexity index is 286. The molecular formula is C16H30O4. The Hall–Kier alpha value is -1.06. The fraction of sp³-hybridized carbons (Fsp3) is 0.875. The molecule has 0 aliphatic rings. The van der Waals surface area contributed by atoms with Gasteiger partial charge in [0.1, 0.15) is 6.10 Å². The van der Waals surface area contributed by atoms with E-state index in [4.69, 9.17) is 9.84 Å². The molecule has 0 heterocycles. The average Bonchev–Trinajstić information content (AvgIpc) is 2.33. The van der Waals surface area contributed by atoms with Crippen molar-refractivity contribution in [3.05, 3.63) is 0 Å². The van der Waals surface area contributed by atoms with Crippen LogP contribution in [0.1, 0.15) is 72.6 Å². The Balaban J connectivity index is 4.35. The number of rotatable bonds is 11. The molecule has 1 N–H and O–H groups in total. The molecule has 0 saturated carbocycles. The summed E-state index contributed by atoms with van der Waals surface area (Å²) in [6.45, 7) is 8.26. The highest BCUT2D eigenvalue weighted by atomic mass is 16.5. The van der Waals surface area contributed by atoms with E-state index in [1.54, 1.807) is 0 Å². The van der Waals surface area contributed by atoms with Crippen LogP contribution in [0.5, 0.6) is 0 Å². The molecule has 0 aromatic carbocycles. The zero-order valence-electron chi connectivity index (χ0n) is 13.4. The van der Waals surface area contributed by atoms with Crippen molar-refractivity contribution in [1.29, 1.82) is 0 Å². The first-order valence-corrected chi connectivity index (χ1v) is 7.82. The molecule has 0 bridgehead atoms. The maximum Gasteiger partial charge on any atom is 0.307 e. The molecular weight excluding hydrogens is 256 g/mol. The van der Waals surface area contributed by atoms with Gasteiger partial charge in [-0.15, -0.1) is 0 Å². The summed E-state index contributed by atoms with van der Waals surface area (Å²) in [6, 6.07) is 0. The summed E-state index contributed by atoms with van der Waals surface area (Å²) < 4.78 is 5.46. The van der Waals surface area contributed by atoms with Crippen molar-refractivity contribution in [1.82, 2.24) is 0 Å². The summed E-state index contributed by atoms with van der Waals surface area (Å²) in [5.41, 5.74) is 0. The Morgan fingerprint density at radius 3 is 2.20 bits per heavy atom. The van der Waals surface area contributed by atoms with Gasteiger partial charge in [0, 0.05) is 0 Å². The maximum absolute atomic E-state index is 11.9. The monoisotopic (exact) mass is 286 g/mol. The summed E-state index contributed by atoms with van der Waals surface area (Å²) in [5.74, 6) is -1.41. The number of carboxylic acids is 1. The van der Waals surface area contributed by atoms with E-state index in [-0.39, 0.29) is 18.5 Å². The lowest BCUT2D eigenvalue weighted by Gasteiger charge is -2.20. The van der Waals surface area contributed by atoms with Gasteiger partial charge in [0.15, 0.2) is 0 Å². The van der Waals surface area contributed by atoms with Gasteiger partial charge in [0.05, 0.1) is 12.3 Å². The van der Waals surface area contributed by atoms with E-state index in [0.717, 1.165) is 32.1 Å². The predicted molar refractivity (Wildman–Crippen MR) is 79.5 cm³/mol. The van der Waals surface area contributed by atoms with E-state index in [2.05, 4.69) is 20.8 Å². The van der Waals surface area contributed by atoms with Gasteiger partial charge in [-0.25, -0.2) is 0 Å². The highest BCUT2D eigenvalue weighted by molar-refractivity contribution is 5.78. The molecule has 2 atom stereocenters. The number of carbonyl (C=O) groups excluding carboxylic acids is 1. The number of carboxylic acid groups (broad SMARTS) is 1. The minimum absolute atomic E-state index is 0.00631. The second-order valence-electron chi connectivity index (χ2n) is 5.91. The van der Waals surface area contributed by atoms with Crippen molar-refractivity contribution in [3.63, 3.8) is 0 Å². The van der Waals surface area contributed by atoms with E-state index in [1.165, 1.54) is 0 Å². The molecule has 4 heteroatoms. The second-order valence-corrected chi connectivity index (χ2v) is 5.91. The lowest BCUT2D eigenvalue weighted by Crippen LogP contribution is -2.24. The van der Waals surface area contributed by atoms with Gasteiger partial charge in [0.25, 0.3) is 0 Å². The molecule has 0 radical (unpaired) electrons. The number of hydrogen-bond acceptors (Lipinski definition) is 3. The molecule has 4 nitrogen and oxygen atoms in total.